The lowest BCUT2D eigenvalue weighted by Crippen LogP contribution is -2.33. The number of benzene rings is 2. The average Bonchev–Trinajstić information content (AvgIpc) is 3.08. The maximum Gasteiger partial charge on any atom is 0.407 e. The maximum atomic E-state index is 12.2. The molecule has 0 aliphatic rings. The first-order valence-corrected chi connectivity index (χ1v) is 15.1. The van der Waals surface area contributed by atoms with Gasteiger partial charge in [-0.2, -0.15) is 0 Å². The number of ether oxygens (including phenoxy) is 1. The molecule has 0 aliphatic heterocycles. The van der Waals surface area contributed by atoms with E-state index in [4.69, 9.17) is 39.5 Å². The first-order valence-electron chi connectivity index (χ1n) is 10.7. The van der Waals surface area contributed by atoms with Gasteiger partial charge in [-0.05, 0) is 69.2 Å². The molecule has 0 atom stereocenters. The highest BCUT2D eigenvalue weighted by Gasteiger charge is 2.18. The van der Waals surface area contributed by atoms with Crippen molar-refractivity contribution >= 4 is 104 Å². The van der Waals surface area contributed by atoms with Crippen molar-refractivity contribution in [1.82, 2.24) is 14.3 Å². The quantitative estimate of drug-likeness (QED) is 0.159. The minimum atomic E-state index is -0.557. The van der Waals surface area contributed by atoms with Gasteiger partial charge in [0.05, 0.1) is 27.9 Å². The second-order valence-electron chi connectivity index (χ2n) is 8.86. The fourth-order valence-electron chi connectivity index (χ4n) is 3.77. The highest BCUT2D eigenvalue weighted by molar-refractivity contribution is 14.2. The molecule has 0 radical (unpaired) electrons. The van der Waals surface area contributed by atoms with Crippen molar-refractivity contribution in [2.24, 2.45) is 0 Å². The Morgan fingerprint density at radius 3 is 2.57 bits per heavy atom. The first kappa shape index (κ1) is 26.5. The van der Waals surface area contributed by atoms with Gasteiger partial charge in [0.15, 0.2) is 0 Å². The van der Waals surface area contributed by atoms with Gasteiger partial charge in [-0.3, -0.25) is 3.97 Å². The highest BCUT2D eigenvalue weighted by atomic mass is 127. The number of nitrogens with one attached hydrogen (secondary N) is 2. The molecule has 11 heteroatoms. The third-order valence-electron chi connectivity index (χ3n) is 5.08. The summed E-state index contributed by atoms with van der Waals surface area (Å²) in [6, 6.07) is 11.7. The largest absolute Gasteiger partial charge is 0.444 e. The van der Waals surface area contributed by atoms with E-state index in [1.165, 1.54) is 0 Å². The van der Waals surface area contributed by atoms with Crippen molar-refractivity contribution in [2.75, 3.05) is 11.9 Å². The van der Waals surface area contributed by atoms with E-state index in [-0.39, 0.29) is 5.15 Å². The van der Waals surface area contributed by atoms with E-state index in [9.17, 15) is 4.79 Å². The molecule has 2 aromatic carbocycles. The monoisotopic (exact) mass is 662 g/mol. The summed E-state index contributed by atoms with van der Waals surface area (Å²) in [7, 11) is 1.58. The Kier molecular flexibility index (Phi) is 8.17. The van der Waals surface area contributed by atoms with Crippen LogP contribution in [-0.4, -0.2) is 27.2 Å². The number of nitrogens with zero attached hydrogens (tertiary/aromatic N) is 2. The smallest absolute Gasteiger partial charge is 0.407 e. The summed E-state index contributed by atoms with van der Waals surface area (Å²) in [6.07, 6.45) is 1.77. The van der Waals surface area contributed by atoms with Crippen LogP contribution >= 0.6 is 65.1 Å². The van der Waals surface area contributed by atoms with Crippen molar-refractivity contribution in [3.63, 3.8) is 0 Å². The van der Waals surface area contributed by atoms with Crippen molar-refractivity contribution in [3.8, 4) is 0 Å². The molecule has 4 aromatic rings. The summed E-state index contributed by atoms with van der Waals surface area (Å²) >= 11 is 20.8. The number of amides is 1. The molecule has 0 saturated carbocycles. The summed E-state index contributed by atoms with van der Waals surface area (Å²) in [5.74, 6) is 0. The Bertz CT molecular complexity index is 1420. The molecule has 0 fully saturated rings. The predicted octanol–water partition coefficient (Wildman–Crippen LogP) is 8.81. The van der Waals surface area contributed by atoms with Gasteiger partial charge in [0.1, 0.15) is 10.8 Å². The number of rotatable bonds is 6. The van der Waals surface area contributed by atoms with Crippen molar-refractivity contribution < 1.29 is 9.53 Å². The number of pyridine rings is 1. The highest BCUT2D eigenvalue weighted by Crippen LogP contribution is 2.40. The Hall–Kier alpha value is -1.59. The Labute approximate surface area is 234 Å². The molecule has 2 heterocycles. The second-order valence-corrected chi connectivity index (χ2v) is 11.7. The van der Waals surface area contributed by atoms with Gasteiger partial charge in [-0.1, -0.05) is 34.8 Å². The molecular formula is C24H22Cl3IN4O2S. The van der Waals surface area contributed by atoms with Crippen LogP contribution in [0.4, 0.5) is 16.2 Å². The van der Waals surface area contributed by atoms with Gasteiger partial charge in [-0.25, -0.2) is 9.78 Å². The Morgan fingerprint density at radius 1 is 1.11 bits per heavy atom. The number of alkyl carbamates (subject to hydrolysis) is 1. The molecule has 1 amide bonds. The lowest BCUT2D eigenvalue weighted by molar-refractivity contribution is 0.0528. The number of halogens is 4. The summed E-state index contributed by atoms with van der Waals surface area (Å²) in [4.78, 5) is 16.3. The molecule has 0 spiro atoms. The van der Waals surface area contributed by atoms with E-state index in [2.05, 4.69) is 52.9 Å². The maximum absolute atomic E-state index is 12.2. The normalized spacial score (nSPS) is 11.7. The molecule has 0 unspecified atom stereocenters. The van der Waals surface area contributed by atoms with Crippen LogP contribution in [0.25, 0.3) is 21.8 Å². The van der Waals surface area contributed by atoms with Gasteiger partial charge in [0.25, 0.3) is 0 Å². The van der Waals surface area contributed by atoms with E-state index < -0.39 is 11.7 Å². The number of hydrogen-bond acceptors (Lipinski definition) is 5. The van der Waals surface area contributed by atoms with Gasteiger partial charge >= 0.3 is 6.09 Å². The lowest BCUT2D eigenvalue weighted by Gasteiger charge is -2.19. The van der Waals surface area contributed by atoms with E-state index >= 15 is 0 Å². The molecule has 35 heavy (non-hydrogen) atoms. The van der Waals surface area contributed by atoms with Crippen LogP contribution < -0.4 is 10.6 Å². The zero-order valence-electron chi connectivity index (χ0n) is 19.1. The van der Waals surface area contributed by atoms with Crippen LogP contribution in [0, 0.1) is 0 Å². The number of hydrogen-bond donors (Lipinski definition) is 2. The van der Waals surface area contributed by atoms with Gasteiger partial charge in [-0.15, -0.1) is 0 Å². The molecular weight excluding hydrogens is 642 g/mol. The molecule has 0 saturated heterocycles. The SMILES string of the molecule is CC(C)(C)OC(=O)NCCc1cc(Nc2cnc(Cl)c(Cl)c2)cc2c3cc(Cl)ccc3n(SI)c12. The molecule has 2 N–H and O–H groups in total. The van der Waals surface area contributed by atoms with Gasteiger partial charge < -0.3 is 15.4 Å². The van der Waals surface area contributed by atoms with E-state index in [1.807, 2.05) is 39.0 Å². The average molecular weight is 664 g/mol. The van der Waals surface area contributed by atoms with Gasteiger partial charge in [0.2, 0.25) is 0 Å². The zero-order valence-corrected chi connectivity index (χ0v) is 24.3. The number of carbonyl (C=O) groups is 1. The Balaban J connectivity index is 1.76. The van der Waals surface area contributed by atoms with Crippen LogP contribution in [0.15, 0.2) is 42.6 Å². The molecule has 0 aliphatic carbocycles. The van der Waals surface area contributed by atoms with E-state index in [0.717, 1.165) is 33.1 Å². The van der Waals surface area contributed by atoms with Crippen molar-refractivity contribution in [1.29, 1.82) is 0 Å². The molecule has 2 aromatic heterocycles. The summed E-state index contributed by atoms with van der Waals surface area (Å²) < 4.78 is 7.55. The number of carbonyl (C=O) groups excluding carboxylic acids is 1. The van der Waals surface area contributed by atoms with Crippen LogP contribution in [-0.2, 0) is 11.2 Å². The molecule has 184 valence electrons. The fraction of sp³-hybridized carbons (Fsp3) is 0.250. The number of anilines is 2. The lowest BCUT2D eigenvalue weighted by atomic mass is 10.0. The van der Waals surface area contributed by atoms with Crippen molar-refractivity contribution in [3.05, 3.63) is 63.4 Å². The van der Waals surface area contributed by atoms with Crippen molar-refractivity contribution in [2.45, 2.75) is 32.8 Å². The van der Waals surface area contributed by atoms with E-state index in [0.29, 0.717) is 28.7 Å². The minimum absolute atomic E-state index is 0.248. The molecule has 4 rings (SSSR count). The van der Waals surface area contributed by atoms with Crippen LogP contribution in [0.3, 0.4) is 0 Å². The predicted molar refractivity (Wildman–Crippen MR) is 157 cm³/mol. The zero-order chi connectivity index (χ0) is 25.3. The Morgan fingerprint density at radius 2 is 1.89 bits per heavy atom. The number of fused-ring (bicyclic) bond motifs is 3. The molecule has 6 nitrogen and oxygen atoms in total. The van der Waals surface area contributed by atoms with Gasteiger partial charge in [0, 0.05) is 58.4 Å². The number of aromatic nitrogens is 2. The first-order chi connectivity index (χ1) is 16.6. The van der Waals surface area contributed by atoms with Crippen LogP contribution in [0.2, 0.25) is 15.2 Å². The topological polar surface area (TPSA) is 68.2 Å². The van der Waals surface area contributed by atoms with E-state index in [1.54, 1.807) is 21.4 Å². The summed E-state index contributed by atoms with van der Waals surface area (Å²) in [6.45, 7) is 5.93. The fourth-order valence-corrected chi connectivity index (χ4v) is 5.95. The standard InChI is InChI=1S/C24H22Cl3IN4O2S/c1-24(2,3)34-23(33)29-7-6-13-8-15(31-16-11-19(26)22(27)30-12-16)10-18-17-9-14(25)4-5-20(17)32(35-28)21(13)18/h4-5,8-12,31H,6-7H2,1-3H3,(H,29,33). The minimum Gasteiger partial charge on any atom is -0.444 e. The molecule has 0 bridgehead atoms. The summed E-state index contributed by atoms with van der Waals surface area (Å²) in [5, 5.41) is 9.58. The third-order valence-corrected chi connectivity index (χ3v) is 7.70. The summed E-state index contributed by atoms with van der Waals surface area (Å²) in [5.41, 5.74) is 4.16. The van der Waals surface area contributed by atoms with Crippen LogP contribution in [0.5, 0.6) is 0 Å². The second kappa shape index (κ2) is 10.8. The third kappa shape index (κ3) is 6.22. The van der Waals surface area contributed by atoms with Crippen LogP contribution in [0.1, 0.15) is 26.3 Å².